The molecule has 2 heterocycles. The summed E-state index contributed by atoms with van der Waals surface area (Å²) in [5, 5.41) is 4.92. The normalized spacial score (nSPS) is 19.2. The standard InChI is InChI=1S/C10H14N2OS/c1-8(9-4-2-7-14-9)12-6-3-5-11-10(12)13/h2,4,7-8H,3,5-6H2,1H3,(H,11,13). The van der Waals surface area contributed by atoms with E-state index in [-0.39, 0.29) is 12.1 Å². The fraction of sp³-hybridized carbons (Fsp3) is 0.500. The Labute approximate surface area is 87.7 Å². The molecule has 0 aliphatic carbocycles. The zero-order valence-electron chi connectivity index (χ0n) is 8.19. The molecule has 0 radical (unpaired) electrons. The van der Waals surface area contributed by atoms with Crippen molar-refractivity contribution < 1.29 is 4.79 Å². The van der Waals surface area contributed by atoms with Crippen molar-refractivity contribution in [1.82, 2.24) is 10.2 Å². The van der Waals surface area contributed by atoms with Crippen LogP contribution in [0.4, 0.5) is 4.79 Å². The summed E-state index contributed by atoms with van der Waals surface area (Å²) < 4.78 is 0. The number of nitrogens with one attached hydrogen (secondary N) is 1. The van der Waals surface area contributed by atoms with E-state index in [1.54, 1.807) is 11.3 Å². The molecule has 2 rings (SSSR count). The van der Waals surface area contributed by atoms with Gasteiger partial charge >= 0.3 is 6.03 Å². The third-order valence-electron chi connectivity index (χ3n) is 2.54. The fourth-order valence-corrected chi connectivity index (χ4v) is 2.50. The van der Waals surface area contributed by atoms with Crippen LogP contribution >= 0.6 is 11.3 Å². The molecule has 1 aliphatic heterocycles. The van der Waals surface area contributed by atoms with E-state index in [9.17, 15) is 4.79 Å². The summed E-state index contributed by atoms with van der Waals surface area (Å²) in [4.78, 5) is 14.7. The van der Waals surface area contributed by atoms with E-state index in [1.807, 2.05) is 16.3 Å². The summed E-state index contributed by atoms with van der Waals surface area (Å²) in [6.07, 6.45) is 1.04. The van der Waals surface area contributed by atoms with E-state index in [4.69, 9.17) is 0 Å². The van der Waals surface area contributed by atoms with Gasteiger partial charge in [-0.05, 0) is 24.8 Å². The Morgan fingerprint density at radius 3 is 3.14 bits per heavy atom. The lowest BCUT2D eigenvalue weighted by atomic mass is 10.2. The van der Waals surface area contributed by atoms with Gasteiger partial charge in [0, 0.05) is 18.0 Å². The highest BCUT2D eigenvalue weighted by Gasteiger charge is 2.24. The number of hydrogen-bond acceptors (Lipinski definition) is 2. The lowest BCUT2D eigenvalue weighted by Gasteiger charge is -2.32. The molecule has 0 saturated carbocycles. The van der Waals surface area contributed by atoms with Crippen LogP contribution in [0.2, 0.25) is 0 Å². The predicted octanol–water partition coefficient (Wildman–Crippen LogP) is 2.22. The van der Waals surface area contributed by atoms with Crippen molar-refractivity contribution in [1.29, 1.82) is 0 Å². The van der Waals surface area contributed by atoms with Crippen molar-refractivity contribution in [2.45, 2.75) is 19.4 Å². The second-order valence-corrected chi connectivity index (χ2v) is 4.45. The number of amides is 2. The van der Waals surface area contributed by atoms with Gasteiger partial charge < -0.3 is 10.2 Å². The molecule has 1 N–H and O–H groups in total. The number of hydrogen-bond donors (Lipinski definition) is 1. The maximum atomic E-state index is 11.6. The zero-order valence-corrected chi connectivity index (χ0v) is 9.01. The SMILES string of the molecule is CC(c1cccs1)N1CCCNC1=O. The van der Waals surface area contributed by atoms with Gasteiger partial charge in [-0.2, -0.15) is 0 Å². The molecule has 1 unspecified atom stereocenters. The van der Waals surface area contributed by atoms with E-state index in [1.165, 1.54) is 4.88 Å². The lowest BCUT2D eigenvalue weighted by molar-refractivity contribution is 0.167. The fourth-order valence-electron chi connectivity index (χ4n) is 1.70. The second kappa shape index (κ2) is 4.00. The molecule has 0 spiro atoms. The number of urea groups is 1. The van der Waals surface area contributed by atoms with Gasteiger partial charge in [-0.25, -0.2) is 4.79 Å². The highest BCUT2D eigenvalue weighted by Crippen LogP contribution is 2.25. The van der Waals surface area contributed by atoms with Gasteiger partial charge in [0.2, 0.25) is 0 Å². The number of nitrogens with zero attached hydrogens (tertiary/aromatic N) is 1. The number of carbonyl (C=O) groups excluding carboxylic acids is 1. The minimum Gasteiger partial charge on any atom is -0.338 e. The van der Waals surface area contributed by atoms with Crippen LogP contribution in [0.5, 0.6) is 0 Å². The summed E-state index contributed by atoms with van der Waals surface area (Å²) in [5.41, 5.74) is 0. The Balaban J connectivity index is 2.10. The molecule has 1 atom stereocenters. The predicted molar refractivity (Wildman–Crippen MR) is 57.5 cm³/mol. The molecule has 4 heteroatoms. The number of rotatable bonds is 2. The molecule has 1 aliphatic rings. The van der Waals surface area contributed by atoms with Crippen LogP contribution in [0, 0.1) is 0 Å². The Morgan fingerprint density at radius 2 is 2.50 bits per heavy atom. The Bertz CT molecular complexity index is 310. The molecule has 1 fully saturated rings. The van der Waals surface area contributed by atoms with Crippen LogP contribution in [0.3, 0.4) is 0 Å². The second-order valence-electron chi connectivity index (χ2n) is 3.47. The Kier molecular flexibility index (Phi) is 2.72. The average Bonchev–Trinajstić information content (AvgIpc) is 2.70. The number of carbonyl (C=O) groups is 1. The van der Waals surface area contributed by atoms with Crippen LogP contribution in [0.15, 0.2) is 17.5 Å². The van der Waals surface area contributed by atoms with E-state index >= 15 is 0 Å². The molecule has 1 aromatic rings. The smallest absolute Gasteiger partial charge is 0.317 e. The van der Waals surface area contributed by atoms with Crippen LogP contribution in [-0.4, -0.2) is 24.0 Å². The van der Waals surface area contributed by atoms with Gasteiger partial charge in [0.05, 0.1) is 6.04 Å². The summed E-state index contributed by atoms with van der Waals surface area (Å²) in [6.45, 7) is 3.76. The monoisotopic (exact) mass is 210 g/mol. The Morgan fingerprint density at radius 1 is 1.64 bits per heavy atom. The van der Waals surface area contributed by atoms with E-state index in [0.29, 0.717) is 0 Å². The van der Waals surface area contributed by atoms with E-state index in [2.05, 4.69) is 18.3 Å². The van der Waals surface area contributed by atoms with Crippen LogP contribution in [-0.2, 0) is 0 Å². The van der Waals surface area contributed by atoms with Crippen LogP contribution in [0.25, 0.3) is 0 Å². The van der Waals surface area contributed by atoms with Crippen molar-refractivity contribution in [3.8, 4) is 0 Å². The van der Waals surface area contributed by atoms with Gasteiger partial charge in [-0.15, -0.1) is 11.3 Å². The van der Waals surface area contributed by atoms with Gasteiger partial charge in [-0.3, -0.25) is 0 Å². The third kappa shape index (κ3) is 1.75. The van der Waals surface area contributed by atoms with Gasteiger partial charge in [0.15, 0.2) is 0 Å². The molecule has 0 bridgehead atoms. The Hall–Kier alpha value is -1.03. The molecule has 3 nitrogen and oxygen atoms in total. The van der Waals surface area contributed by atoms with Gasteiger partial charge in [0.1, 0.15) is 0 Å². The molecule has 76 valence electrons. The maximum absolute atomic E-state index is 11.6. The largest absolute Gasteiger partial charge is 0.338 e. The van der Waals surface area contributed by atoms with Crippen LogP contribution < -0.4 is 5.32 Å². The first kappa shape index (κ1) is 9.52. The summed E-state index contributed by atoms with van der Waals surface area (Å²) in [5.74, 6) is 0. The molecule has 1 saturated heterocycles. The first-order valence-corrected chi connectivity index (χ1v) is 5.75. The van der Waals surface area contributed by atoms with E-state index in [0.717, 1.165) is 19.5 Å². The van der Waals surface area contributed by atoms with Crippen molar-refractivity contribution in [2.24, 2.45) is 0 Å². The highest BCUT2D eigenvalue weighted by atomic mass is 32.1. The van der Waals surface area contributed by atoms with Gasteiger partial charge in [0.25, 0.3) is 0 Å². The van der Waals surface area contributed by atoms with E-state index < -0.39 is 0 Å². The number of thiophene rings is 1. The van der Waals surface area contributed by atoms with Crippen molar-refractivity contribution in [3.05, 3.63) is 22.4 Å². The zero-order chi connectivity index (χ0) is 9.97. The molecular weight excluding hydrogens is 196 g/mol. The first-order chi connectivity index (χ1) is 6.79. The molecule has 2 amide bonds. The quantitative estimate of drug-likeness (QED) is 0.797. The molecule has 14 heavy (non-hydrogen) atoms. The molecule has 0 aromatic carbocycles. The highest BCUT2D eigenvalue weighted by molar-refractivity contribution is 7.10. The molecule has 1 aromatic heterocycles. The third-order valence-corrected chi connectivity index (χ3v) is 3.58. The topological polar surface area (TPSA) is 32.3 Å². The first-order valence-electron chi connectivity index (χ1n) is 4.87. The average molecular weight is 210 g/mol. The van der Waals surface area contributed by atoms with Gasteiger partial charge in [-0.1, -0.05) is 6.07 Å². The van der Waals surface area contributed by atoms with Crippen molar-refractivity contribution >= 4 is 17.4 Å². The molecular formula is C10H14N2OS. The summed E-state index contributed by atoms with van der Waals surface area (Å²) in [7, 11) is 0. The summed E-state index contributed by atoms with van der Waals surface area (Å²) in [6, 6.07) is 4.38. The minimum atomic E-state index is 0.0668. The maximum Gasteiger partial charge on any atom is 0.317 e. The summed E-state index contributed by atoms with van der Waals surface area (Å²) >= 11 is 1.71. The lowest BCUT2D eigenvalue weighted by Crippen LogP contribution is -2.47. The van der Waals surface area contributed by atoms with Crippen molar-refractivity contribution in [2.75, 3.05) is 13.1 Å². The van der Waals surface area contributed by atoms with Crippen LogP contribution in [0.1, 0.15) is 24.3 Å². The minimum absolute atomic E-state index is 0.0668. The van der Waals surface area contributed by atoms with Crippen molar-refractivity contribution in [3.63, 3.8) is 0 Å².